The Morgan fingerprint density at radius 2 is 0.991 bits per heavy atom. The van der Waals surface area contributed by atoms with Gasteiger partial charge in [0.25, 0.3) is 0 Å². The van der Waals surface area contributed by atoms with Gasteiger partial charge in [-0.15, -0.1) is 0 Å². The molecule has 0 bridgehead atoms. The minimum atomic E-state index is -1.61. The summed E-state index contributed by atoms with van der Waals surface area (Å²) >= 11 is 0. The van der Waals surface area contributed by atoms with Crippen molar-refractivity contribution in [1.29, 1.82) is 0 Å². The Morgan fingerprint density at radius 3 is 1.50 bits per heavy atom. The van der Waals surface area contributed by atoms with Crippen molar-refractivity contribution in [3.8, 4) is 0 Å². The van der Waals surface area contributed by atoms with Crippen molar-refractivity contribution in [2.24, 2.45) is 23.7 Å². The van der Waals surface area contributed by atoms with E-state index in [1.54, 1.807) is 66.4 Å². The lowest BCUT2D eigenvalue weighted by Gasteiger charge is -2.38. The Balaban J connectivity index is 2.02. The molecule has 2 aliphatic heterocycles. The molecule has 6 N–H and O–H groups in total. The predicted octanol–water partition coefficient (Wildman–Crippen LogP) is 4.70. The van der Waals surface area contributed by atoms with Crippen molar-refractivity contribution in [2.45, 2.75) is 246 Å². The maximum Gasteiger partial charge on any atom is 0.247 e. The molecule has 4 rings (SSSR count). The highest BCUT2D eigenvalue weighted by molar-refractivity contribution is 5.99. The van der Waals surface area contributed by atoms with Crippen LogP contribution in [0.15, 0.2) is 60.7 Å². The fraction of sp³-hybridized carbons (Fsp3) is 0.684. The minimum Gasteiger partial charge on any atom is -0.391 e. The maximum atomic E-state index is 15.4. The number of unbranched alkanes of at least 4 members (excludes halogenated alkanes) is 2. The van der Waals surface area contributed by atoms with Crippen molar-refractivity contribution in [1.82, 2.24) is 65.8 Å². The summed E-state index contributed by atoms with van der Waals surface area (Å²) in [5, 5.41) is 25.4. The molecule has 2 aromatic carbocycles. The summed E-state index contributed by atoms with van der Waals surface area (Å²) in [7, 11) is 8.56. The summed E-state index contributed by atoms with van der Waals surface area (Å²) in [6, 6.07) is 5.54. The highest BCUT2D eigenvalue weighted by atomic mass is 16.3. The van der Waals surface area contributed by atoms with Crippen LogP contribution in [-0.2, 0) is 75.2 Å². The Bertz CT molecular complexity index is 3220. The van der Waals surface area contributed by atoms with Crippen LogP contribution in [0.1, 0.15) is 184 Å². The zero-order valence-corrected chi connectivity index (χ0v) is 66.5. The molecule has 0 aliphatic carbocycles. The number of carbonyl (C=O) groups excluding carboxylic acids is 13. The second kappa shape index (κ2) is 44.6. The number of aliphatic hydroxyl groups is 1. The fourth-order valence-electron chi connectivity index (χ4n) is 13.6. The number of rotatable bonds is 23. The lowest BCUT2D eigenvalue weighted by atomic mass is 9.94. The molecule has 0 unspecified atom stereocenters. The van der Waals surface area contributed by atoms with Crippen LogP contribution < -0.4 is 26.6 Å². The smallest absolute Gasteiger partial charge is 0.247 e. The second-order valence-corrected chi connectivity index (χ2v) is 30.3. The van der Waals surface area contributed by atoms with E-state index in [1.807, 2.05) is 68.4 Å². The van der Waals surface area contributed by atoms with Gasteiger partial charge in [-0.2, -0.15) is 0 Å². The van der Waals surface area contributed by atoms with Crippen molar-refractivity contribution < 1.29 is 67.4 Å². The van der Waals surface area contributed by atoms with Gasteiger partial charge in [-0.3, -0.25) is 62.3 Å². The van der Waals surface area contributed by atoms with Gasteiger partial charge in [0.1, 0.15) is 54.4 Å². The van der Waals surface area contributed by atoms with E-state index in [0.29, 0.717) is 69.2 Å². The molecule has 11 atom stereocenters. The van der Waals surface area contributed by atoms with Gasteiger partial charge in [0.05, 0.1) is 19.1 Å². The molecule has 0 spiro atoms. The van der Waals surface area contributed by atoms with Gasteiger partial charge < -0.3 is 70.9 Å². The van der Waals surface area contributed by atoms with Gasteiger partial charge >= 0.3 is 0 Å². The highest BCUT2D eigenvalue weighted by Crippen LogP contribution is 2.24. The number of likely N-dealkylation sites (N-methyl/N-ethyl adjacent to an activating group) is 5. The van der Waals surface area contributed by atoms with E-state index in [1.165, 1.54) is 78.6 Å². The first-order chi connectivity index (χ1) is 50.1. The largest absolute Gasteiger partial charge is 0.391 e. The summed E-state index contributed by atoms with van der Waals surface area (Å²) in [5.74, 6) is -10.00. The number of amides is 13. The SMILES string of the molecule is CCCCN1CC(=O)N(C)[C@@H](Cc2ccccc2)C(=O)N[C@@H](CCC(=O)NC)C(=O)N(C)[C@@H](CC(C)C)C(=O)N[C@@H]([C@@H](C)O)C(=O)N(CCCC)CCC(=O)N(C)[C@@H](Cc2ccccc2)C(=O)N(C)[C@@H](CC(C)C)C(=O)N[C@@H](CC(C)C)C(=O)N(C)[C@@H]([C@@H](C)CC)C(=O)N[C@H](C(=O)N2CCCCC2)CC1=O. The lowest BCUT2D eigenvalue weighted by Crippen LogP contribution is -2.61. The van der Waals surface area contributed by atoms with Gasteiger partial charge in [0, 0.05) is 101 Å². The molecule has 27 heteroatoms. The van der Waals surface area contributed by atoms with Crippen LogP contribution in [0.2, 0.25) is 0 Å². The van der Waals surface area contributed by atoms with E-state index in [9.17, 15) is 29.1 Å². The number of nitrogens with one attached hydrogen (secondary N) is 5. The van der Waals surface area contributed by atoms with Gasteiger partial charge in [-0.1, -0.05) is 149 Å². The molecule has 0 radical (unpaired) electrons. The number of hydrogen-bond donors (Lipinski definition) is 6. The van der Waals surface area contributed by atoms with E-state index in [0.717, 1.165) is 11.3 Å². The fourth-order valence-corrected chi connectivity index (χ4v) is 13.6. The molecule has 2 saturated heterocycles. The van der Waals surface area contributed by atoms with Crippen LogP contribution in [-0.4, -0.2) is 263 Å². The van der Waals surface area contributed by atoms with E-state index in [2.05, 4.69) is 26.6 Å². The molecular weight excluding hydrogens is 1350 g/mol. The van der Waals surface area contributed by atoms with Crippen molar-refractivity contribution >= 4 is 76.8 Å². The van der Waals surface area contributed by atoms with Gasteiger partial charge in [0.15, 0.2) is 0 Å². The maximum absolute atomic E-state index is 15.4. The molecule has 0 aromatic heterocycles. The van der Waals surface area contributed by atoms with Gasteiger partial charge in [-0.25, -0.2) is 0 Å². The first-order valence-corrected chi connectivity index (χ1v) is 38.5. The van der Waals surface area contributed by atoms with Crippen molar-refractivity contribution in [2.75, 3.05) is 81.6 Å². The third-order valence-corrected chi connectivity index (χ3v) is 20.4. The Kier molecular flexibility index (Phi) is 37.8. The molecule has 0 saturated carbocycles. The normalized spacial score (nSPS) is 23.9. The number of carbonyl (C=O) groups is 13. The molecule has 2 heterocycles. The number of benzene rings is 2. The topological polar surface area (TPSA) is 328 Å². The van der Waals surface area contributed by atoms with E-state index in [4.69, 9.17) is 0 Å². The summed E-state index contributed by atoms with van der Waals surface area (Å²) in [5.41, 5.74) is 1.31. The standard InChI is InChI=1S/C79H127N13O14/c1-18-21-39-91-43-38-66(95)86(14)64(48-57-34-28-24-29-35-57)78(105)88(16)61(45-52(6)7)71(98)82-59(44-51(4)5)76(103)89(17)70(54(10)20-3)74(101)83-60(77(104)90-41-30-25-31-42-90)49-67(96)92(40-22-19-2)50-68(97)85(13)63(47-56-32-26-23-27-33-56)72(99)81-58(36-37-65(94)80-12)75(102)87(15)62(46-53(8)9)73(100)84-69(55(11)93)79(91)106/h23-24,26-29,32-35,51-55,58-64,69-70,93H,18-22,25,30-31,36-50H2,1-17H3,(H,80,94)(H,81,99)(H,82,98)(H,83,101)(H,84,100)/t54-,55+,58-,59-,60-,61-,62-,63-,64-,69-,70-/m0/s1. The van der Waals surface area contributed by atoms with E-state index < -0.39 is 156 Å². The molecule has 13 amide bonds. The molecule has 2 aromatic rings. The monoisotopic (exact) mass is 1480 g/mol. The number of aliphatic hydroxyl groups excluding tert-OH is 1. The highest BCUT2D eigenvalue weighted by Gasteiger charge is 2.44. The van der Waals surface area contributed by atoms with Crippen molar-refractivity contribution in [3.63, 3.8) is 0 Å². The molecular formula is C79H127N13O14. The molecule has 2 aliphatic rings. The Labute approximate surface area is 630 Å². The summed E-state index contributed by atoms with van der Waals surface area (Å²) in [4.78, 5) is 205. The van der Waals surface area contributed by atoms with E-state index in [-0.39, 0.29) is 88.8 Å². The zero-order valence-electron chi connectivity index (χ0n) is 66.5. The van der Waals surface area contributed by atoms with Crippen molar-refractivity contribution in [3.05, 3.63) is 71.8 Å². The van der Waals surface area contributed by atoms with Crippen LogP contribution in [0.5, 0.6) is 0 Å². The summed E-state index contributed by atoms with van der Waals surface area (Å²) in [6.07, 6.45) is 1.76. The first kappa shape index (κ1) is 89.9. The van der Waals surface area contributed by atoms with Gasteiger partial charge in [0.2, 0.25) is 76.8 Å². The summed E-state index contributed by atoms with van der Waals surface area (Å²) in [6.45, 7) is 19.9. The van der Waals surface area contributed by atoms with Crippen LogP contribution >= 0.6 is 0 Å². The van der Waals surface area contributed by atoms with E-state index >= 15 is 38.4 Å². The summed E-state index contributed by atoms with van der Waals surface area (Å²) < 4.78 is 0. The number of likely N-dealkylation sites (tertiary alicyclic amines) is 1. The average Bonchev–Trinajstić information content (AvgIpc) is 0.825. The number of nitrogens with zero attached hydrogens (tertiary/aromatic N) is 8. The first-order valence-electron chi connectivity index (χ1n) is 38.5. The molecule has 27 nitrogen and oxygen atoms in total. The van der Waals surface area contributed by atoms with Crippen LogP contribution in [0.4, 0.5) is 0 Å². The molecule has 106 heavy (non-hydrogen) atoms. The Morgan fingerprint density at radius 1 is 0.509 bits per heavy atom. The third-order valence-electron chi connectivity index (χ3n) is 20.4. The zero-order chi connectivity index (χ0) is 79.2. The Hall–Kier alpha value is -8.49. The van der Waals surface area contributed by atoms with Crippen LogP contribution in [0.25, 0.3) is 0 Å². The quantitative estimate of drug-likeness (QED) is 0.0879. The average molecular weight is 1480 g/mol. The molecule has 2 fully saturated rings. The predicted molar refractivity (Wildman–Crippen MR) is 406 cm³/mol. The lowest BCUT2D eigenvalue weighted by molar-refractivity contribution is -0.150. The van der Waals surface area contributed by atoms with Crippen LogP contribution in [0, 0.1) is 23.7 Å². The minimum absolute atomic E-state index is 0.00639. The van der Waals surface area contributed by atoms with Gasteiger partial charge in [-0.05, 0) is 99.5 Å². The number of piperidine rings is 1. The molecule has 592 valence electrons. The number of hydrogen-bond acceptors (Lipinski definition) is 14. The van der Waals surface area contributed by atoms with Crippen LogP contribution in [0.3, 0.4) is 0 Å². The second-order valence-electron chi connectivity index (χ2n) is 30.3. The third kappa shape index (κ3) is 27.1.